The van der Waals surface area contributed by atoms with Gasteiger partial charge in [0.2, 0.25) is 5.91 Å². The smallest absolute Gasteiger partial charge is 0.410 e. The van der Waals surface area contributed by atoms with Gasteiger partial charge in [-0.2, -0.15) is 0 Å². The normalized spacial score (nSPS) is 38.6. The molecular weight excluding hydrogens is 426 g/mol. The highest BCUT2D eigenvalue weighted by molar-refractivity contribution is 5.81. The Labute approximate surface area is 196 Å². The number of piperazine rings is 1. The van der Waals surface area contributed by atoms with E-state index in [9.17, 15) is 9.59 Å². The molecule has 0 bridgehead atoms. The van der Waals surface area contributed by atoms with Crippen LogP contribution in [0, 0.1) is 5.92 Å². The van der Waals surface area contributed by atoms with Crippen molar-refractivity contribution in [3.05, 3.63) is 11.6 Å². The van der Waals surface area contributed by atoms with Crippen molar-refractivity contribution in [1.82, 2.24) is 9.80 Å². The Morgan fingerprint density at radius 2 is 1.85 bits per heavy atom. The number of carbonyl (C=O) groups is 2. The molecule has 186 valence electrons. The Morgan fingerprint density at radius 1 is 1.21 bits per heavy atom. The third-order valence-electron chi connectivity index (χ3n) is 7.73. The number of carbonyl (C=O) groups excluding carboxylic acids is 2. The molecule has 1 spiro atoms. The monoisotopic (exact) mass is 465 g/mol. The first-order valence-electron chi connectivity index (χ1n) is 12.1. The molecule has 1 aliphatic carbocycles. The predicted molar refractivity (Wildman–Crippen MR) is 122 cm³/mol. The van der Waals surface area contributed by atoms with E-state index >= 15 is 0 Å². The third kappa shape index (κ3) is 4.78. The molecule has 0 aromatic rings. The Hall–Kier alpha value is -1.68. The van der Waals surface area contributed by atoms with E-state index < -0.39 is 6.04 Å². The van der Waals surface area contributed by atoms with Gasteiger partial charge in [0, 0.05) is 33.3 Å². The summed E-state index contributed by atoms with van der Waals surface area (Å²) in [5.41, 5.74) is 6.37. The molecule has 9 heteroatoms. The highest BCUT2D eigenvalue weighted by Crippen LogP contribution is 2.59. The average molecular weight is 466 g/mol. The van der Waals surface area contributed by atoms with Crippen molar-refractivity contribution < 1.29 is 28.5 Å². The number of hydrogen-bond acceptors (Lipinski definition) is 7. The number of nitrogens with zero attached hydrogens (tertiary/aromatic N) is 2. The highest BCUT2D eigenvalue weighted by atomic mass is 16.6. The number of nitrogens with two attached hydrogens (primary N) is 1. The van der Waals surface area contributed by atoms with Crippen LogP contribution in [-0.4, -0.2) is 97.3 Å². The number of rotatable bonds is 6. The SMILES string of the molecule is CO[C@H]1[C@H](C2(C)O[C@@H]2CC=C(C)C)[C@]2(CC[C@H]1OC(=O)N1CCN(C(=O)[C@H](C)N)CC1)CO2. The van der Waals surface area contributed by atoms with E-state index in [4.69, 9.17) is 24.7 Å². The number of hydrogen-bond donors (Lipinski definition) is 1. The zero-order valence-electron chi connectivity index (χ0n) is 20.5. The van der Waals surface area contributed by atoms with E-state index in [-0.39, 0.29) is 47.4 Å². The Balaban J connectivity index is 1.39. The number of epoxide rings is 2. The first-order chi connectivity index (χ1) is 15.6. The van der Waals surface area contributed by atoms with Crippen LogP contribution in [0.2, 0.25) is 0 Å². The van der Waals surface area contributed by atoms with Crippen molar-refractivity contribution in [3.8, 4) is 0 Å². The van der Waals surface area contributed by atoms with Gasteiger partial charge in [-0.15, -0.1) is 0 Å². The fourth-order valence-electron chi connectivity index (χ4n) is 5.67. The van der Waals surface area contributed by atoms with Crippen molar-refractivity contribution in [2.24, 2.45) is 11.7 Å². The van der Waals surface area contributed by atoms with Gasteiger partial charge in [-0.1, -0.05) is 11.6 Å². The van der Waals surface area contributed by atoms with Crippen LogP contribution in [0.5, 0.6) is 0 Å². The molecule has 3 aliphatic heterocycles. The maximum Gasteiger partial charge on any atom is 0.410 e. The summed E-state index contributed by atoms with van der Waals surface area (Å²) in [6.07, 6.45) is 3.67. The summed E-state index contributed by atoms with van der Waals surface area (Å²) < 4.78 is 24.1. The fourth-order valence-corrected chi connectivity index (χ4v) is 5.67. The zero-order chi connectivity index (χ0) is 24.0. The minimum absolute atomic E-state index is 0.00220. The number of allylic oxidation sites excluding steroid dienone is 1. The van der Waals surface area contributed by atoms with Gasteiger partial charge in [-0.05, 0) is 47.0 Å². The molecule has 4 rings (SSSR count). The van der Waals surface area contributed by atoms with Gasteiger partial charge in [0.1, 0.15) is 23.4 Å². The molecule has 0 aromatic heterocycles. The fraction of sp³-hybridized carbons (Fsp3) is 0.833. The van der Waals surface area contributed by atoms with Crippen molar-refractivity contribution in [1.29, 1.82) is 0 Å². The first kappa shape index (κ1) is 24.4. The van der Waals surface area contributed by atoms with Crippen molar-refractivity contribution in [2.45, 2.75) is 82.5 Å². The third-order valence-corrected chi connectivity index (χ3v) is 7.73. The lowest BCUT2D eigenvalue weighted by atomic mass is 9.68. The van der Waals surface area contributed by atoms with Crippen molar-refractivity contribution in [2.75, 3.05) is 39.9 Å². The Morgan fingerprint density at radius 3 is 2.39 bits per heavy atom. The molecule has 33 heavy (non-hydrogen) atoms. The zero-order valence-corrected chi connectivity index (χ0v) is 20.5. The van der Waals surface area contributed by atoms with Gasteiger partial charge < -0.3 is 34.5 Å². The summed E-state index contributed by atoms with van der Waals surface area (Å²) >= 11 is 0. The standard InChI is InChI=1S/C24H39N3O6/c1-15(2)6-7-18-23(4,33-18)20-19(30-5)17(8-9-24(20)14-31-24)32-22(29)27-12-10-26(11-13-27)21(28)16(3)25/h6,16-20H,7-14,25H2,1-5H3/t16-,17+,18+,19+,20+,23?,24-/m0/s1. The maximum atomic E-state index is 13.0. The molecule has 3 heterocycles. The van der Waals surface area contributed by atoms with Gasteiger partial charge >= 0.3 is 6.09 Å². The van der Waals surface area contributed by atoms with Crippen LogP contribution in [0.3, 0.4) is 0 Å². The molecule has 0 aromatic carbocycles. The molecular formula is C24H39N3O6. The minimum atomic E-state index is -0.534. The largest absolute Gasteiger partial charge is 0.443 e. The summed E-state index contributed by atoms with van der Waals surface area (Å²) in [5, 5.41) is 0. The molecule has 4 aliphatic rings. The van der Waals surface area contributed by atoms with Gasteiger partial charge in [0.25, 0.3) is 0 Å². The van der Waals surface area contributed by atoms with Crippen molar-refractivity contribution in [3.63, 3.8) is 0 Å². The molecule has 4 fully saturated rings. The Bertz CT molecular complexity index is 785. The molecule has 1 saturated carbocycles. The van der Waals surface area contributed by atoms with E-state index in [0.717, 1.165) is 12.8 Å². The van der Waals surface area contributed by atoms with Crippen LogP contribution in [0.4, 0.5) is 4.79 Å². The van der Waals surface area contributed by atoms with E-state index in [2.05, 4.69) is 26.8 Å². The van der Waals surface area contributed by atoms with Crippen LogP contribution in [0.15, 0.2) is 11.6 Å². The summed E-state index contributed by atoms with van der Waals surface area (Å²) in [6.45, 7) is 10.5. The summed E-state index contributed by atoms with van der Waals surface area (Å²) in [4.78, 5) is 28.5. The summed E-state index contributed by atoms with van der Waals surface area (Å²) in [6, 6.07) is -0.534. The van der Waals surface area contributed by atoms with E-state index in [0.29, 0.717) is 39.2 Å². The Kier molecular flexibility index (Phi) is 6.79. The lowest BCUT2D eigenvalue weighted by Gasteiger charge is -2.43. The predicted octanol–water partition coefficient (Wildman–Crippen LogP) is 1.69. The van der Waals surface area contributed by atoms with Gasteiger partial charge in [0.15, 0.2) is 0 Å². The summed E-state index contributed by atoms with van der Waals surface area (Å²) in [5.74, 6) is -0.0923. The van der Waals surface area contributed by atoms with Crippen molar-refractivity contribution >= 4 is 12.0 Å². The second-order valence-electron chi connectivity index (χ2n) is 10.4. The van der Waals surface area contributed by atoms with Crippen LogP contribution in [0.1, 0.15) is 47.0 Å². The molecule has 9 nitrogen and oxygen atoms in total. The highest BCUT2D eigenvalue weighted by Gasteiger charge is 2.72. The maximum absolute atomic E-state index is 13.0. The van der Waals surface area contributed by atoms with Gasteiger partial charge in [-0.25, -0.2) is 4.79 Å². The van der Waals surface area contributed by atoms with Gasteiger partial charge in [-0.3, -0.25) is 4.79 Å². The second-order valence-corrected chi connectivity index (χ2v) is 10.4. The van der Waals surface area contributed by atoms with Crippen LogP contribution < -0.4 is 5.73 Å². The molecule has 0 radical (unpaired) electrons. The second kappa shape index (κ2) is 9.17. The lowest BCUT2D eigenvalue weighted by molar-refractivity contribution is -0.134. The quantitative estimate of drug-likeness (QED) is 0.469. The molecule has 3 saturated heterocycles. The number of ether oxygens (including phenoxy) is 4. The molecule has 1 unspecified atom stereocenters. The van der Waals surface area contributed by atoms with Crippen LogP contribution in [0.25, 0.3) is 0 Å². The first-order valence-corrected chi connectivity index (χ1v) is 12.1. The van der Waals surface area contributed by atoms with E-state index in [1.165, 1.54) is 5.57 Å². The van der Waals surface area contributed by atoms with Crippen LogP contribution >= 0.6 is 0 Å². The summed E-state index contributed by atoms with van der Waals surface area (Å²) in [7, 11) is 1.68. The van der Waals surface area contributed by atoms with E-state index in [1.54, 1.807) is 23.8 Å². The van der Waals surface area contributed by atoms with Crippen LogP contribution in [-0.2, 0) is 23.7 Å². The average Bonchev–Trinajstić information content (AvgIpc) is 3.70. The number of amides is 2. The lowest BCUT2D eigenvalue weighted by Crippen LogP contribution is -2.57. The minimum Gasteiger partial charge on any atom is -0.443 e. The molecule has 7 atom stereocenters. The topological polar surface area (TPSA) is 110 Å². The number of methoxy groups -OCH3 is 1. The molecule has 2 N–H and O–H groups in total. The van der Waals surface area contributed by atoms with Gasteiger partial charge in [0.05, 0.1) is 24.7 Å². The molecule has 2 amide bonds. The van der Waals surface area contributed by atoms with E-state index in [1.807, 2.05) is 0 Å².